The lowest BCUT2D eigenvalue weighted by Crippen LogP contribution is -2.41. The Morgan fingerprint density at radius 2 is 1.85 bits per heavy atom. The van der Waals surface area contributed by atoms with E-state index >= 15 is 0 Å². The number of carbonyl (C=O) groups excluding carboxylic acids is 1. The Kier molecular flexibility index (Phi) is 4.95. The summed E-state index contributed by atoms with van der Waals surface area (Å²) in [4.78, 5) is 12.7. The molecular formula is C9H19NO3. The summed E-state index contributed by atoms with van der Waals surface area (Å²) in [5.74, 6) is 0.0214. The highest BCUT2D eigenvalue weighted by Crippen LogP contribution is 2.15. The van der Waals surface area contributed by atoms with Crippen molar-refractivity contribution in [1.29, 1.82) is 0 Å². The van der Waals surface area contributed by atoms with E-state index in [2.05, 4.69) is 0 Å². The van der Waals surface area contributed by atoms with Gasteiger partial charge in [-0.2, -0.15) is 0 Å². The highest BCUT2D eigenvalue weighted by molar-refractivity contribution is 5.75. The molecule has 0 aromatic carbocycles. The largest absolute Gasteiger partial charge is 0.396 e. The lowest BCUT2D eigenvalue weighted by molar-refractivity contribution is -0.131. The molecule has 0 saturated carbocycles. The summed E-state index contributed by atoms with van der Waals surface area (Å²) in [7, 11) is 1.68. The van der Waals surface area contributed by atoms with Crippen molar-refractivity contribution in [3.8, 4) is 0 Å². The first-order valence-corrected chi connectivity index (χ1v) is 4.44. The SMILES string of the molecule is CCC(=O)N(C)CC(C)(CO)CO. The zero-order valence-electron chi connectivity index (χ0n) is 8.58. The molecule has 13 heavy (non-hydrogen) atoms. The molecule has 0 fully saturated rings. The maximum atomic E-state index is 11.2. The Labute approximate surface area is 79.2 Å². The summed E-state index contributed by atoms with van der Waals surface area (Å²) in [6.45, 7) is 3.67. The van der Waals surface area contributed by atoms with Gasteiger partial charge >= 0.3 is 0 Å². The zero-order chi connectivity index (χ0) is 10.5. The van der Waals surface area contributed by atoms with Crippen molar-refractivity contribution in [3.05, 3.63) is 0 Å². The maximum absolute atomic E-state index is 11.2. The van der Waals surface area contributed by atoms with Gasteiger partial charge in [0.2, 0.25) is 5.91 Å². The molecule has 0 saturated heterocycles. The van der Waals surface area contributed by atoms with E-state index in [1.807, 2.05) is 0 Å². The van der Waals surface area contributed by atoms with E-state index in [4.69, 9.17) is 10.2 Å². The lowest BCUT2D eigenvalue weighted by Gasteiger charge is -2.30. The van der Waals surface area contributed by atoms with Crippen molar-refractivity contribution in [2.24, 2.45) is 5.41 Å². The van der Waals surface area contributed by atoms with Crippen LogP contribution in [-0.2, 0) is 4.79 Å². The van der Waals surface area contributed by atoms with Crippen LogP contribution in [-0.4, -0.2) is 47.8 Å². The predicted molar refractivity (Wildman–Crippen MR) is 50.2 cm³/mol. The van der Waals surface area contributed by atoms with Gasteiger partial charge in [0.1, 0.15) is 0 Å². The van der Waals surface area contributed by atoms with Crippen LogP contribution in [0, 0.1) is 5.41 Å². The van der Waals surface area contributed by atoms with Crippen LogP contribution in [0.2, 0.25) is 0 Å². The molecule has 0 aliphatic carbocycles. The quantitative estimate of drug-likeness (QED) is 0.632. The molecule has 0 bridgehead atoms. The Balaban J connectivity index is 4.16. The number of carbonyl (C=O) groups is 1. The van der Waals surface area contributed by atoms with Gasteiger partial charge in [0.15, 0.2) is 0 Å². The fourth-order valence-electron chi connectivity index (χ4n) is 1.08. The van der Waals surface area contributed by atoms with Crippen LogP contribution >= 0.6 is 0 Å². The third kappa shape index (κ3) is 3.74. The van der Waals surface area contributed by atoms with Gasteiger partial charge in [-0.05, 0) is 0 Å². The summed E-state index contributed by atoms with van der Waals surface area (Å²) in [5.41, 5.74) is -0.598. The van der Waals surface area contributed by atoms with Gasteiger partial charge in [-0.3, -0.25) is 4.79 Å². The standard InChI is InChI=1S/C9H19NO3/c1-4-8(13)10(3)5-9(2,6-11)7-12/h11-12H,4-7H2,1-3H3. The van der Waals surface area contributed by atoms with Gasteiger partial charge in [-0.15, -0.1) is 0 Å². The Hall–Kier alpha value is -0.610. The van der Waals surface area contributed by atoms with E-state index in [1.54, 1.807) is 20.9 Å². The van der Waals surface area contributed by atoms with Crippen molar-refractivity contribution in [2.75, 3.05) is 26.8 Å². The van der Waals surface area contributed by atoms with E-state index in [9.17, 15) is 4.79 Å². The fourth-order valence-corrected chi connectivity index (χ4v) is 1.08. The van der Waals surface area contributed by atoms with Gasteiger partial charge in [-0.1, -0.05) is 13.8 Å². The average molecular weight is 189 g/mol. The number of aliphatic hydroxyl groups excluding tert-OH is 2. The van der Waals surface area contributed by atoms with Crippen LogP contribution in [0.4, 0.5) is 0 Å². The van der Waals surface area contributed by atoms with Crippen molar-refractivity contribution in [1.82, 2.24) is 4.90 Å². The number of hydrogen-bond donors (Lipinski definition) is 2. The van der Waals surface area contributed by atoms with E-state index in [-0.39, 0.29) is 19.1 Å². The summed E-state index contributed by atoms with van der Waals surface area (Å²) < 4.78 is 0. The van der Waals surface area contributed by atoms with Crippen molar-refractivity contribution < 1.29 is 15.0 Å². The Bertz CT molecular complexity index is 166. The van der Waals surface area contributed by atoms with Crippen molar-refractivity contribution >= 4 is 5.91 Å². The second-order valence-electron chi connectivity index (χ2n) is 3.73. The van der Waals surface area contributed by atoms with E-state index in [0.717, 1.165) is 0 Å². The molecule has 0 spiro atoms. The molecule has 4 nitrogen and oxygen atoms in total. The molecule has 0 aromatic heterocycles. The van der Waals surface area contributed by atoms with Gasteiger partial charge in [0.25, 0.3) is 0 Å². The summed E-state index contributed by atoms with van der Waals surface area (Å²) >= 11 is 0. The minimum Gasteiger partial charge on any atom is -0.396 e. The molecule has 0 rings (SSSR count). The Morgan fingerprint density at radius 1 is 1.38 bits per heavy atom. The smallest absolute Gasteiger partial charge is 0.222 e. The second-order valence-corrected chi connectivity index (χ2v) is 3.73. The van der Waals surface area contributed by atoms with E-state index < -0.39 is 5.41 Å². The molecule has 0 radical (unpaired) electrons. The topological polar surface area (TPSA) is 60.8 Å². The normalized spacial score (nSPS) is 11.5. The first-order chi connectivity index (χ1) is 5.99. The summed E-state index contributed by atoms with van der Waals surface area (Å²) in [6, 6.07) is 0. The van der Waals surface area contributed by atoms with Crippen LogP contribution in [0.3, 0.4) is 0 Å². The summed E-state index contributed by atoms with van der Waals surface area (Å²) in [6.07, 6.45) is 0.448. The highest BCUT2D eigenvalue weighted by Gasteiger charge is 2.25. The van der Waals surface area contributed by atoms with Gasteiger partial charge in [0.05, 0.1) is 13.2 Å². The molecule has 1 amide bonds. The van der Waals surface area contributed by atoms with E-state index in [0.29, 0.717) is 13.0 Å². The van der Waals surface area contributed by atoms with Gasteiger partial charge in [-0.25, -0.2) is 0 Å². The summed E-state index contributed by atoms with van der Waals surface area (Å²) in [5, 5.41) is 18.0. The number of amides is 1. The zero-order valence-corrected chi connectivity index (χ0v) is 8.58. The molecule has 0 unspecified atom stereocenters. The van der Waals surface area contributed by atoms with Gasteiger partial charge < -0.3 is 15.1 Å². The Morgan fingerprint density at radius 3 is 2.15 bits per heavy atom. The van der Waals surface area contributed by atoms with Crippen LogP contribution < -0.4 is 0 Å². The minimum atomic E-state index is -0.598. The molecule has 0 heterocycles. The minimum absolute atomic E-state index is 0.0214. The third-order valence-corrected chi connectivity index (χ3v) is 2.11. The predicted octanol–water partition coefficient (Wildman–Crippen LogP) is -0.154. The van der Waals surface area contributed by atoms with Crippen LogP contribution in [0.25, 0.3) is 0 Å². The lowest BCUT2D eigenvalue weighted by atomic mass is 9.92. The molecule has 0 aliphatic rings. The number of rotatable bonds is 5. The monoisotopic (exact) mass is 189 g/mol. The first kappa shape index (κ1) is 12.4. The van der Waals surface area contributed by atoms with Crippen LogP contribution in [0.15, 0.2) is 0 Å². The number of hydrogen-bond acceptors (Lipinski definition) is 3. The van der Waals surface area contributed by atoms with Crippen molar-refractivity contribution in [2.45, 2.75) is 20.3 Å². The molecule has 4 heteroatoms. The third-order valence-electron chi connectivity index (χ3n) is 2.11. The molecule has 0 atom stereocenters. The second kappa shape index (κ2) is 5.19. The highest BCUT2D eigenvalue weighted by atomic mass is 16.3. The fraction of sp³-hybridized carbons (Fsp3) is 0.889. The van der Waals surface area contributed by atoms with Crippen LogP contribution in [0.1, 0.15) is 20.3 Å². The maximum Gasteiger partial charge on any atom is 0.222 e. The number of aliphatic hydroxyl groups is 2. The van der Waals surface area contributed by atoms with Gasteiger partial charge in [0, 0.05) is 25.4 Å². The molecule has 0 aromatic rings. The average Bonchev–Trinajstić information content (AvgIpc) is 2.16. The molecule has 2 N–H and O–H groups in total. The first-order valence-electron chi connectivity index (χ1n) is 4.44. The number of nitrogens with zero attached hydrogens (tertiary/aromatic N) is 1. The van der Waals surface area contributed by atoms with E-state index in [1.165, 1.54) is 4.90 Å². The van der Waals surface area contributed by atoms with Crippen molar-refractivity contribution in [3.63, 3.8) is 0 Å². The molecule has 0 aliphatic heterocycles. The molecular weight excluding hydrogens is 170 g/mol. The molecule has 78 valence electrons. The van der Waals surface area contributed by atoms with Crippen LogP contribution in [0.5, 0.6) is 0 Å².